The van der Waals surface area contributed by atoms with Crippen LogP contribution in [0.1, 0.15) is 15.9 Å². The van der Waals surface area contributed by atoms with E-state index in [4.69, 9.17) is 16.3 Å². The summed E-state index contributed by atoms with van der Waals surface area (Å²) in [7, 11) is 1.47. The molecule has 0 saturated carbocycles. The second-order valence-electron chi connectivity index (χ2n) is 4.69. The van der Waals surface area contributed by atoms with Crippen molar-refractivity contribution in [2.24, 2.45) is 0 Å². The first-order chi connectivity index (χ1) is 11.0. The Kier molecular flexibility index (Phi) is 5.43. The normalized spacial score (nSPS) is 9.87. The lowest BCUT2D eigenvalue weighted by molar-refractivity contribution is 0.0935. The van der Waals surface area contributed by atoms with Gasteiger partial charge in [0.05, 0.1) is 12.7 Å². The number of hydrogen-bond acceptors (Lipinski definition) is 3. The molecule has 7 heteroatoms. The molecular weight excluding hydrogens is 318 g/mol. The van der Waals surface area contributed by atoms with Gasteiger partial charge in [0.1, 0.15) is 5.75 Å². The zero-order chi connectivity index (χ0) is 16.8. The van der Waals surface area contributed by atoms with Gasteiger partial charge in [0.2, 0.25) is 0 Å². The predicted molar refractivity (Wildman–Crippen MR) is 88.8 cm³/mol. The van der Waals surface area contributed by atoms with Crippen LogP contribution in [-0.4, -0.2) is 19.0 Å². The second kappa shape index (κ2) is 7.51. The summed E-state index contributed by atoms with van der Waals surface area (Å²) in [6, 6.07) is 11.2. The quantitative estimate of drug-likeness (QED) is 0.755. The van der Waals surface area contributed by atoms with E-state index in [0.29, 0.717) is 22.0 Å². The first-order valence-electron chi connectivity index (χ1n) is 6.77. The fourth-order valence-electron chi connectivity index (χ4n) is 1.93. The molecule has 0 unspecified atom stereocenters. The maximum absolute atomic E-state index is 12.0. The van der Waals surface area contributed by atoms with E-state index in [0.717, 1.165) is 5.56 Å². The summed E-state index contributed by atoms with van der Waals surface area (Å²) in [5.41, 5.74) is 6.32. The van der Waals surface area contributed by atoms with E-state index < -0.39 is 11.9 Å². The van der Waals surface area contributed by atoms with Crippen molar-refractivity contribution >= 4 is 29.2 Å². The van der Waals surface area contributed by atoms with Gasteiger partial charge in [0.25, 0.3) is 5.91 Å². The van der Waals surface area contributed by atoms with Crippen LogP contribution in [-0.2, 0) is 0 Å². The van der Waals surface area contributed by atoms with E-state index in [9.17, 15) is 9.59 Å². The number of methoxy groups -OCH3 is 1. The first-order valence-corrected chi connectivity index (χ1v) is 7.15. The molecule has 0 aliphatic heterocycles. The molecule has 6 nitrogen and oxygen atoms in total. The van der Waals surface area contributed by atoms with Crippen LogP contribution in [0.4, 0.5) is 10.5 Å². The van der Waals surface area contributed by atoms with Crippen LogP contribution in [0.25, 0.3) is 0 Å². The highest BCUT2D eigenvalue weighted by Gasteiger charge is 2.12. The number of hydrogen-bond donors (Lipinski definition) is 3. The molecule has 2 aromatic rings. The third-order valence-corrected chi connectivity index (χ3v) is 3.31. The van der Waals surface area contributed by atoms with Crippen molar-refractivity contribution in [2.75, 3.05) is 12.4 Å². The van der Waals surface area contributed by atoms with E-state index >= 15 is 0 Å². The van der Waals surface area contributed by atoms with Gasteiger partial charge in [-0.15, -0.1) is 0 Å². The van der Waals surface area contributed by atoms with Gasteiger partial charge in [-0.2, -0.15) is 0 Å². The summed E-state index contributed by atoms with van der Waals surface area (Å²) in [6.45, 7) is 1.81. The fraction of sp³-hybridized carbons (Fsp3) is 0.125. The Balaban J connectivity index is 1.95. The standard InChI is InChI=1S/C16H16ClN3O3/c1-10-9-11(17)7-8-13(10)18-16(22)20-19-15(21)12-5-3-4-6-14(12)23-2/h3-9H,1-2H3,(H,19,21)(H2,18,20,22). The second-order valence-corrected chi connectivity index (χ2v) is 5.13. The maximum atomic E-state index is 12.0. The van der Waals surface area contributed by atoms with Gasteiger partial charge in [0.15, 0.2) is 0 Å². The number of halogens is 1. The summed E-state index contributed by atoms with van der Waals surface area (Å²) in [5.74, 6) is -0.0637. The highest BCUT2D eigenvalue weighted by Crippen LogP contribution is 2.19. The molecule has 0 atom stereocenters. The Labute approximate surface area is 138 Å². The zero-order valence-corrected chi connectivity index (χ0v) is 13.4. The minimum atomic E-state index is -0.571. The van der Waals surface area contributed by atoms with Crippen LogP contribution in [0.15, 0.2) is 42.5 Å². The van der Waals surface area contributed by atoms with E-state index in [1.54, 1.807) is 42.5 Å². The minimum absolute atomic E-state index is 0.318. The average Bonchev–Trinajstić information content (AvgIpc) is 2.55. The lowest BCUT2D eigenvalue weighted by Crippen LogP contribution is -2.44. The van der Waals surface area contributed by atoms with Gasteiger partial charge >= 0.3 is 6.03 Å². The molecule has 120 valence electrons. The van der Waals surface area contributed by atoms with Crippen molar-refractivity contribution in [3.63, 3.8) is 0 Å². The number of urea groups is 1. The van der Waals surface area contributed by atoms with Gasteiger partial charge < -0.3 is 10.1 Å². The Bertz CT molecular complexity index is 734. The highest BCUT2D eigenvalue weighted by molar-refractivity contribution is 6.30. The maximum Gasteiger partial charge on any atom is 0.337 e. The molecule has 0 aliphatic carbocycles. The van der Waals surface area contributed by atoms with Crippen molar-refractivity contribution in [3.8, 4) is 5.75 Å². The van der Waals surface area contributed by atoms with Crippen LogP contribution in [0.3, 0.4) is 0 Å². The molecule has 3 N–H and O–H groups in total. The van der Waals surface area contributed by atoms with E-state index in [-0.39, 0.29) is 0 Å². The Hall–Kier alpha value is -2.73. The largest absolute Gasteiger partial charge is 0.496 e. The number of ether oxygens (including phenoxy) is 1. The smallest absolute Gasteiger partial charge is 0.337 e. The monoisotopic (exact) mass is 333 g/mol. The Morgan fingerprint density at radius 3 is 2.52 bits per heavy atom. The molecule has 0 saturated heterocycles. The van der Waals surface area contributed by atoms with Gasteiger partial charge in [-0.3, -0.25) is 10.2 Å². The molecular formula is C16H16ClN3O3. The molecule has 3 amide bonds. The van der Waals surface area contributed by atoms with Gasteiger partial charge in [-0.1, -0.05) is 23.7 Å². The number of carbonyl (C=O) groups excluding carboxylic acids is 2. The molecule has 0 aromatic heterocycles. The molecule has 23 heavy (non-hydrogen) atoms. The predicted octanol–water partition coefficient (Wildman–Crippen LogP) is 3.12. The average molecular weight is 334 g/mol. The molecule has 0 aliphatic rings. The highest BCUT2D eigenvalue weighted by atomic mass is 35.5. The number of hydrazine groups is 1. The molecule has 0 radical (unpaired) electrons. The number of aryl methyl sites for hydroxylation is 1. The summed E-state index contributed by atoms with van der Waals surface area (Å²) in [5, 5.41) is 3.20. The summed E-state index contributed by atoms with van der Waals surface area (Å²) in [4.78, 5) is 23.9. The minimum Gasteiger partial charge on any atom is -0.496 e. The third kappa shape index (κ3) is 4.37. The topological polar surface area (TPSA) is 79.5 Å². The van der Waals surface area contributed by atoms with Gasteiger partial charge in [0, 0.05) is 10.7 Å². The van der Waals surface area contributed by atoms with E-state index in [2.05, 4.69) is 16.2 Å². The molecule has 0 bridgehead atoms. The summed E-state index contributed by atoms with van der Waals surface area (Å²) < 4.78 is 5.09. The Morgan fingerprint density at radius 1 is 1.09 bits per heavy atom. The van der Waals surface area contributed by atoms with E-state index in [1.165, 1.54) is 7.11 Å². The van der Waals surface area contributed by atoms with Crippen LogP contribution in [0.2, 0.25) is 5.02 Å². The Morgan fingerprint density at radius 2 is 1.83 bits per heavy atom. The molecule has 0 fully saturated rings. The van der Waals surface area contributed by atoms with Crippen molar-refractivity contribution in [3.05, 3.63) is 58.6 Å². The molecule has 0 heterocycles. The van der Waals surface area contributed by atoms with Crippen LogP contribution < -0.4 is 20.9 Å². The zero-order valence-electron chi connectivity index (χ0n) is 12.6. The van der Waals surface area contributed by atoms with E-state index in [1.807, 2.05) is 6.92 Å². The van der Waals surface area contributed by atoms with Crippen molar-refractivity contribution in [1.82, 2.24) is 10.9 Å². The van der Waals surface area contributed by atoms with Crippen molar-refractivity contribution in [2.45, 2.75) is 6.92 Å². The molecule has 2 aromatic carbocycles. The third-order valence-electron chi connectivity index (χ3n) is 3.08. The van der Waals surface area contributed by atoms with Crippen LogP contribution >= 0.6 is 11.6 Å². The van der Waals surface area contributed by atoms with Crippen LogP contribution in [0, 0.1) is 6.92 Å². The SMILES string of the molecule is COc1ccccc1C(=O)NNC(=O)Nc1ccc(Cl)cc1C. The molecule has 2 rings (SSSR count). The number of amides is 3. The van der Waals surface area contributed by atoms with Gasteiger partial charge in [-0.25, -0.2) is 10.2 Å². The van der Waals surface area contributed by atoms with Crippen molar-refractivity contribution in [1.29, 1.82) is 0 Å². The van der Waals surface area contributed by atoms with Crippen LogP contribution in [0.5, 0.6) is 5.75 Å². The summed E-state index contributed by atoms with van der Waals surface area (Å²) >= 11 is 5.86. The molecule has 0 spiro atoms. The lowest BCUT2D eigenvalue weighted by Gasteiger charge is -2.12. The number of carbonyl (C=O) groups is 2. The lowest BCUT2D eigenvalue weighted by atomic mass is 10.2. The summed E-state index contributed by atoms with van der Waals surface area (Å²) in [6.07, 6.45) is 0. The number of anilines is 1. The van der Waals surface area contributed by atoms with Crippen molar-refractivity contribution < 1.29 is 14.3 Å². The number of para-hydroxylation sites is 1. The van der Waals surface area contributed by atoms with Gasteiger partial charge in [-0.05, 0) is 42.8 Å². The fourth-order valence-corrected chi connectivity index (χ4v) is 2.16. The number of benzene rings is 2. The first kappa shape index (κ1) is 16.6. The number of nitrogens with one attached hydrogen (secondary N) is 3. The number of rotatable bonds is 3.